The van der Waals surface area contributed by atoms with Crippen molar-refractivity contribution in [1.82, 2.24) is 9.88 Å². The molecule has 0 aliphatic carbocycles. The molecule has 2 heterocycles. The van der Waals surface area contributed by atoms with Gasteiger partial charge in [-0.1, -0.05) is 0 Å². The van der Waals surface area contributed by atoms with Crippen LogP contribution in [0.4, 0.5) is 0 Å². The summed E-state index contributed by atoms with van der Waals surface area (Å²) in [5.41, 5.74) is 0.424. The van der Waals surface area contributed by atoms with Crippen LogP contribution in [-0.4, -0.2) is 58.7 Å². The number of methoxy groups -OCH3 is 1. The first-order valence-corrected chi connectivity index (χ1v) is 7.39. The molecule has 1 aromatic heterocycles. The van der Waals surface area contributed by atoms with E-state index in [2.05, 4.69) is 4.98 Å². The number of rotatable bonds is 5. The summed E-state index contributed by atoms with van der Waals surface area (Å²) < 4.78 is 5.08. The van der Waals surface area contributed by atoms with Crippen molar-refractivity contribution in [1.29, 1.82) is 0 Å². The molecule has 1 unspecified atom stereocenters. The average molecular weight is 282 g/mol. The summed E-state index contributed by atoms with van der Waals surface area (Å²) in [6, 6.07) is 1.70. The van der Waals surface area contributed by atoms with Gasteiger partial charge in [0.05, 0.1) is 18.4 Å². The molecule has 1 atom stereocenters. The number of amides is 1. The maximum atomic E-state index is 12.5. The first kappa shape index (κ1) is 14.1. The lowest BCUT2D eigenvalue weighted by Gasteiger charge is -2.28. The highest BCUT2D eigenvalue weighted by Gasteiger charge is 2.27. The van der Waals surface area contributed by atoms with E-state index < -0.39 is 0 Å². The molecule has 1 fully saturated rings. The summed E-state index contributed by atoms with van der Waals surface area (Å²) in [6.45, 7) is 1.08. The summed E-state index contributed by atoms with van der Waals surface area (Å²) in [4.78, 5) is 18.2. The minimum atomic E-state index is -0.0899. The SMILES string of the molecule is COCCN(C(=O)c1cncc(O)c1)C1CCSC1. The van der Waals surface area contributed by atoms with Gasteiger partial charge in [0.25, 0.3) is 5.91 Å². The molecule has 0 spiro atoms. The largest absolute Gasteiger partial charge is 0.506 e. The molecule has 0 saturated carbocycles. The number of hydrogen-bond acceptors (Lipinski definition) is 5. The Labute approximate surface area is 117 Å². The van der Waals surface area contributed by atoms with Crippen molar-refractivity contribution in [3.63, 3.8) is 0 Å². The van der Waals surface area contributed by atoms with Gasteiger partial charge in [-0.3, -0.25) is 9.78 Å². The van der Waals surface area contributed by atoms with E-state index in [1.54, 1.807) is 7.11 Å². The fourth-order valence-corrected chi connectivity index (χ4v) is 3.34. The zero-order valence-corrected chi connectivity index (χ0v) is 11.7. The van der Waals surface area contributed by atoms with Crippen molar-refractivity contribution >= 4 is 17.7 Å². The Kier molecular flexibility index (Phi) is 5.04. The topological polar surface area (TPSA) is 62.7 Å². The lowest BCUT2D eigenvalue weighted by Crippen LogP contribution is -2.42. The summed E-state index contributed by atoms with van der Waals surface area (Å²) in [7, 11) is 1.63. The van der Waals surface area contributed by atoms with Gasteiger partial charge in [0, 0.05) is 31.6 Å². The normalized spacial score (nSPS) is 18.5. The van der Waals surface area contributed by atoms with Crippen molar-refractivity contribution in [2.45, 2.75) is 12.5 Å². The lowest BCUT2D eigenvalue weighted by molar-refractivity contribution is 0.0624. The first-order chi connectivity index (χ1) is 9.22. The molecule has 1 aromatic rings. The van der Waals surface area contributed by atoms with Crippen LogP contribution >= 0.6 is 11.8 Å². The number of nitrogens with zero attached hydrogens (tertiary/aromatic N) is 2. The number of carbonyl (C=O) groups is 1. The molecule has 2 rings (SSSR count). The minimum Gasteiger partial charge on any atom is -0.506 e. The maximum absolute atomic E-state index is 12.5. The van der Waals surface area contributed by atoms with Gasteiger partial charge < -0.3 is 14.7 Å². The van der Waals surface area contributed by atoms with E-state index in [0.29, 0.717) is 18.7 Å². The van der Waals surface area contributed by atoms with E-state index in [4.69, 9.17) is 4.74 Å². The predicted molar refractivity (Wildman–Crippen MR) is 74.5 cm³/mol. The van der Waals surface area contributed by atoms with Gasteiger partial charge in [0.1, 0.15) is 5.75 Å². The second-order valence-corrected chi connectivity index (χ2v) is 5.59. The third-order valence-electron chi connectivity index (χ3n) is 3.11. The summed E-state index contributed by atoms with van der Waals surface area (Å²) in [5, 5.41) is 9.42. The van der Waals surface area contributed by atoms with E-state index in [9.17, 15) is 9.90 Å². The van der Waals surface area contributed by atoms with Crippen LogP contribution in [0.2, 0.25) is 0 Å². The smallest absolute Gasteiger partial charge is 0.255 e. The highest BCUT2D eigenvalue weighted by Crippen LogP contribution is 2.24. The number of ether oxygens (including phenoxy) is 1. The number of aromatic hydroxyl groups is 1. The molecule has 0 radical (unpaired) electrons. The lowest BCUT2D eigenvalue weighted by atomic mass is 10.1. The van der Waals surface area contributed by atoms with Crippen molar-refractivity contribution < 1.29 is 14.6 Å². The van der Waals surface area contributed by atoms with Crippen LogP contribution in [0.15, 0.2) is 18.5 Å². The third kappa shape index (κ3) is 3.61. The number of pyridine rings is 1. The number of hydrogen-bond donors (Lipinski definition) is 1. The van der Waals surface area contributed by atoms with Gasteiger partial charge in [-0.25, -0.2) is 0 Å². The van der Waals surface area contributed by atoms with Gasteiger partial charge >= 0.3 is 0 Å². The quantitative estimate of drug-likeness (QED) is 0.884. The summed E-state index contributed by atoms with van der Waals surface area (Å²) in [6.07, 6.45) is 3.82. The van der Waals surface area contributed by atoms with Gasteiger partial charge in [-0.2, -0.15) is 11.8 Å². The fraction of sp³-hybridized carbons (Fsp3) is 0.538. The van der Waals surface area contributed by atoms with Crippen molar-refractivity contribution in [3.05, 3.63) is 24.0 Å². The van der Waals surface area contributed by atoms with Gasteiger partial charge in [-0.15, -0.1) is 0 Å². The molecule has 1 aliphatic rings. The van der Waals surface area contributed by atoms with Crippen molar-refractivity contribution in [2.24, 2.45) is 0 Å². The Morgan fingerprint density at radius 2 is 2.47 bits per heavy atom. The highest BCUT2D eigenvalue weighted by molar-refractivity contribution is 7.99. The van der Waals surface area contributed by atoms with Gasteiger partial charge in [-0.05, 0) is 18.2 Å². The number of carbonyl (C=O) groups excluding carboxylic acids is 1. The van der Waals surface area contributed by atoms with Crippen LogP contribution in [-0.2, 0) is 4.74 Å². The molecule has 5 nitrogen and oxygen atoms in total. The maximum Gasteiger partial charge on any atom is 0.255 e. The molecule has 1 aliphatic heterocycles. The number of thioether (sulfide) groups is 1. The zero-order valence-electron chi connectivity index (χ0n) is 10.9. The summed E-state index contributed by atoms with van der Waals surface area (Å²) in [5.74, 6) is 1.97. The fourth-order valence-electron chi connectivity index (χ4n) is 2.12. The standard InChI is InChI=1S/C13H18N2O3S/c1-18-4-3-15(11-2-5-19-9-11)13(17)10-6-12(16)8-14-7-10/h6-8,11,16H,2-5,9H2,1H3. The van der Waals surface area contributed by atoms with E-state index in [-0.39, 0.29) is 17.7 Å². The van der Waals surface area contributed by atoms with E-state index in [1.807, 2.05) is 16.7 Å². The molecule has 19 heavy (non-hydrogen) atoms. The van der Waals surface area contributed by atoms with Crippen LogP contribution in [0.1, 0.15) is 16.8 Å². The molecular weight excluding hydrogens is 264 g/mol. The summed E-state index contributed by atoms with van der Waals surface area (Å²) >= 11 is 1.86. The van der Waals surface area contributed by atoms with Crippen LogP contribution in [0.5, 0.6) is 5.75 Å². The van der Waals surface area contributed by atoms with Crippen LogP contribution in [0.25, 0.3) is 0 Å². The second kappa shape index (κ2) is 6.77. The first-order valence-electron chi connectivity index (χ1n) is 6.24. The molecule has 1 saturated heterocycles. The molecule has 1 N–H and O–H groups in total. The Morgan fingerprint density at radius 3 is 3.11 bits per heavy atom. The van der Waals surface area contributed by atoms with Crippen LogP contribution < -0.4 is 0 Å². The van der Waals surface area contributed by atoms with Crippen molar-refractivity contribution in [3.8, 4) is 5.75 Å². The van der Waals surface area contributed by atoms with E-state index in [1.165, 1.54) is 18.5 Å². The van der Waals surface area contributed by atoms with Gasteiger partial charge in [0.15, 0.2) is 0 Å². The van der Waals surface area contributed by atoms with Gasteiger partial charge in [0.2, 0.25) is 0 Å². The zero-order chi connectivity index (χ0) is 13.7. The average Bonchev–Trinajstić information content (AvgIpc) is 2.93. The molecular formula is C13H18N2O3S. The minimum absolute atomic E-state index is 0.0124. The monoisotopic (exact) mass is 282 g/mol. The van der Waals surface area contributed by atoms with E-state index in [0.717, 1.165) is 17.9 Å². The molecule has 104 valence electrons. The second-order valence-electron chi connectivity index (χ2n) is 4.44. The molecule has 0 bridgehead atoms. The predicted octanol–water partition coefficient (Wildman–Crippen LogP) is 1.38. The Balaban J connectivity index is 2.14. The molecule has 0 aromatic carbocycles. The molecule has 6 heteroatoms. The molecule has 1 amide bonds. The highest BCUT2D eigenvalue weighted by atomic mass is 32.2. The van der Waals surface area contributed by atoms with E-state index >= 15 is 0 Å². The van der Waals surface area contributed by atoms with Crippen LogP contribution in [0.3, 0.4) is 0 Å². The van der Waals surface area contributed by atoms with Crippen LogP contribution in [0, 0.1) is 0 Å². The van der Waals surface area contributed by atoms with Crippen molar-refractivity contribution in [2.75, 3.05) is 31.8 Å². The Bertz CT molecular complexity index is 436. The number of aromatic nitrogens is 1. The Hall–Kier alpha value is -1.27. The Morgan fingerprint density at radius 1 is 1.63 bits per heavy atom. The third-order valence-corrected chi connectivity index (χ3v) is 4.26.